The van der Waals surface area contributed by atoms with Gasteiger partial charge in [-0.2, -0.15) is 0 Å². The number of azide groups is 3. The summed E-state index contributed by atoms with van der Waals surface area (Å²) in [6.45, 7) is 1.57. The molecule has 0 radical (unpaired) electrons. The van der Waals surface area contributed by atoms with Crippen LogP contribution in [0.15, 0.2) is 15.3 Å². The number of piperidine rings is 6. The molecule has 0 aromatic rings. The summed E-state index contributed by atoms with van der Waals surface area (Å²) in [6.07, 6.45) is 2.38. The molecule has 0 saturated carbocycles. The first kappa shape index (κ1) is 31.1. The first-order chi connectivity index (χ1) is 19.1. The number of nitrogens with two attached hydrogens (primary N) is 3. The second kappa shape index (κ2) is 13.3. The Balaban J connectivity index is 0.000000230. The van der Waals surface area contributed by atoms with Crippen molar-refractivity contribution in [3.05, 3.63) is 51.6 Å². The van der Waals surface area contributed by atoms with Crippen LogP contribution in [0, 0.1) is 20.2 Å². The van der Waals surface area contributed by atoms with Gasteiger partial charge in [0.15, 0.2) is 0 Å². The molecule has 6 aliphatic rings. The molecule has 6 unspecified atom stereocenters. The first-order valence-corrected chi connectivity index (χ1v) is 13.1. The van der Waals surface area contributed by atoms with E-state index in [0.29, 0.717) is 38.9 Å². The van der Waals surface area contributed by atoms with Gasteiger partial charge in [0.1, 0.15) is 0 Å². The average Bonchev–Trinajstić information content (AvgIpc) is 2.97. The average molecular weight is 565 g/mol. The quantitative estimate of drug-likeness (QED) is 0.106. The van der Waals surface area contributed by atoms with Gasteiger partial charge >= 0.3 is 0 Å². The molecule has 6 rings (SSSR count). The SMILES string of the molecule is NCC1CC2([N+](=O)[O-])CC(CN)N1C(CN)C2.[N-]=[N+]=NCC1CC2([N+](=O)[O-])CC(CN=[N+]=[N-])N1C(CN=[N+]=[N-])C2. The molecule has 220 valence electrons. The Morgan fingerprint density at radius 1 is 0.625 bits per heavy atom. The van der Waals surface area contributed by atoms with E-state index in [2.05, 4.69) is 35.0 Å². The van der Waals surface area contributed by atoms with Crippen LogP contribution in [0.2, 0.25) is 0 Å². The maximum atomic E-state index is 11.7. The monoisotopic (exact) mass is 564 g/mol. The van der Waals surface area contributed by atoms with Crippen LogP contribution in [0.3, 0.4) is 0 Å². The van der Waals surface area contributed by atoms with Gasteiger partial charge in [0, 0.05) is 139 Å². The van der Waals surface area contributed by atoms with Crippen molar-refractivity contribution in [1.29, 1.82) is 0 Å². The van der Waals surface area contributed by atoms with Crippen molar-refractivity contribution in [2.45, 2.75) is 85.9 Å². The third-order valence-electron chi connectivity index (χ3n) is 8.88. The molecule has 6 atom stereocenters. The highest BCUT2D eigenvalue weighted by Crippen LogP contribution is 2.46. The van der Waals surface area contributed by atoms with Crippen LogP contribution in [0.1, 0.15) is 38.5 Å². The number of rotatable bonds is 11. The minimum atomic E-state index is -1.17. The van der Waals surface area contributed by atoms with Crippen molar-refractivity contribution in [3.63, 3.8) is 0 Å². The highest BCUT2D eigenvalue weighted by Gasteiger charge is 2.61. The maximum absolute atomic E-state index is 11.7. The van der Waals surface area contributed by atoms with Gasteiger partial charge in [-0.05, 0) is 16.6 Å². The predicted octanol–water partition coefficient (Wildman–Crippen LogP) is 1.02. The second-order valence-electron chi connectivity index (χ2n) is 11.0. The molecular weight excluding hydrogens is 528 g/mol. The third kappa shape index (κ3) is 5.99. The van der Waals surface area contributed by atoms with Gasteiger partial charge in [0.05, 0.1) is 0 Å². The molecule has 6 fully saturated rings. The van der Waals surface area contributed by atoms with Crippen molar-refractivity contribution in [1.82, 2.24) is 9.80 Å². The van der Waals surface area contributed by atoms with Gasteiger partial charge in [-0.15, -0.1) is 0 Å². The molecule has 6 saturated heterocycles. The van der Waals surface area contributed by atoms with Crippen LogP contribution < -0.4 is 17.2 Å². The topological polar surface area (TPSA) is 317 Å². The summed E-state index contributed by atoms with van der Waals surface area (Å²) in [4.78, 5) is 35.0. The molecule has 0 aromatic carbocycles. The van der Waals surface area contributed by atoms with E-state index in [1.807, 2.05) is 4.90 Å². The van der Waals surface area contributed by atoms with Crippen molar-refractivity contribution in [3.8, 4) is 0 Å². The summed E-state index contributed by atoms with van der Waals surface area (Å²) >= 11 is 0. The molecule has 6 aliphatic heterocycles. The summed E-state index contributed by atoms with van der Waals surface area (Å²) in [7, 11) is 0. The molecule has 6 heterocycles. The Morgan fingerprint density at radius 2 is 0.875 bits per heavy atom. The number of hydrogen-bond donors (Lipinski definition) is 3. The molecule has 0 aliphatic carbocycles. The van der Waals surface area contributed by atoms with E-state index in [4.69, 9.17) is 33.8 Å². The van der Waals surface area contributed by atoms with Crippen LogP contribution in [0.4, 0.5) is 0 Å². The van der Waals surface area contributed by atoms with E-state index in [9.17, 15) is 20.2 Å². The fourth-order valence-corrected chi connectivity index (χ4v) is 7.48. The van der Waals surface area contributed by atoms with Gasteiger partial charge in [0.2, 0.25) is 11.1 Å². The zero-order chi connectivity index (χ0) is 29.5. The lowest BCUT2D eigenvalue weighted by Crippen LogP contribution is -2.72. The van der Waals surface area contributed by atoms with Gasteiger partial charge in [-0.25, -0.2) is 0 Å². The Bertz CT molecular complexity index is 976. The van der Waals surface area contributed by atoms with E-state index in [1.165, 1.54) is 0 Å². The predicted molar refractivity (Wildman–Crippen MR) is 143 cm³/mol. The number of fused-ring (bicyclic) bond motifs is 6. The van der Waals surface area contributed by atoms with Gasteiger partial charge in [0.25, 0.3) is 0 Å². The number of hydrogen-bond acceptors (Lipinski definition) is 12. The summed E-state index contributed by atoms with van der Waals surface area (Å²) in [5.41, 5.74) is 40.8. The van der Waals surface area contributed by atoms with Crippen molar-refractivity contribution in [2.24, 2.45) is 32.5 Å². The standard InChI is InChI=1S/C10H15N11O2.C10H21N5O2/c11-17-14-4-7-1-10(21(22)23)2-8(5-15-18-12)20(7)9(3-10)6-16-19-13;11-4-7-1-10(15(16)17)2-8(5-12)14(7)9(3-10)6-13/h7-9H,1-6H2;7-9H,1-6,11-13H2. The Morgan fingerprint density at radius 3 is 1.10 bits per heavy atom. The molecule has 0 amide bonds. The molecular formula is C20H36N16O4. The van der Waals surface area contributed by atoms with E-state index < -0.39 is 11.1 Å². The number of nitrogens with zero attached hydrogens (tertiary/aromatic N) is 13. The number of nitro groups is 2. The molecule has 0 spiro atoms. The van der Waals surface area contributed by atoms with Crippen molar-refractivity contribution < 1.29 is 9.85 Å². The Hall–Kier alpha value is -3.47. The van der Waals surface area contributed by atoms with E-state index in [1.54, 1.807) is 0 Å². The van der Waals surface area contributed by atoms with Crippen LogP contribution in [-0.2, 0) is 0 Å². The fraction of sp³-hybridized carbons (Fsp3) is 1.00. The molecule has 4 bridgehead atoms. The van der Waals surface area contributed by atoms with Gasteiger partial charge < -0.3 is 17.2 Å². The Labute approximate surface area is 229 Å². The van der Waals surface area contributed by atoms with Crippen molar-refractivity contribution in [2.75, 3.05) is 39.3 Å². The van der Waals surface area contributed by atoms with E-state index in [0.717, 1.165) is 0 Å². The highest BCUT2D eigenvalue weighted by molar-refractivity contribution is 5.09. The van der Waals surface area contributed by atoms with Gasteiger partial charge in [-0.3, -0.25) is 30.0 Å². The molecule has 20 nitrogen and oxygen atoms in total. The molecule has 40 heavy (non-hydrogen) atoms. The molecule has 0 aromatic heterocycles. The Kier molecular flexibility index (Phi) is 10.3. The minimum absolute atomic E-state index is 0.0463. The lowest BCUT2D eigenvalue weighted by atomic mass is 9.69. The highest BCUT2D eigenvalue weighted by atomic mass is 16.6. The van der Waals surface area contributed by atoms with Crippen LogP contribution in [0.25, 0.3) is 31.3 Å². The normalized spacial score (nSPS) is 39.0. The van der Waals surface area contributed by atoms with E-state index in [-0.39, 0.29) is 85.0 Å². The smallest absolute Gasteiger partial charge is 0.226 e. The second-order valence-corrected chi connectivity index (χ2v) is 11.0. The third-order valence-corrected chi connectivity index (χ3v) is 8.88. The molecule has 6 N–H and O–H groups in total. The van der Waals surface area contributed by atoms with Crippen LogP contribution in [0.5, 0.6) is 0 Å². The van der Waals surface area contributed by atoms with Gasteiger partial charge in [-0.1, -0.05) is 15.3 Å². The molecule has 20 heteroatoms. The van der Waals surface area contributed by atoms with Crippen LogP contribution in [-0.4, -0.2) is 106 Å². The zero-order valence-electron chi connectivity index (χ0n) is 22.1. The summed E-state index contributed by atoms with van der Waals surface area (Å²) in [6, 6.07) is -0.871. The maximum Gasteiger partial charge on any atom is 0.226 e. The first-order valence-electron chi connectivity index (χ1n) is 13.1. The fourth-order valence-electron chi connectivity index (χ4n) is 7.48. The minimum Gasteiger partial charge on any atom is -0.329 e. The van der Waals surface area contributed by atoms with E-state index >= 15 is 0 Å². The van der Waals surface area contributed by atoms with Crippen LogP contribution >= 0.6 is 0 Å². The zero-order valence-corrected chi connectivity index (χ0v) is 22.1. The lowest BCUT2D eigenvalue weighted by molar-refractivity contribution is -0.588. The summed E-state index contributed by atoms with van der Waals surface area (Å²) in [5, 5.41) is 33.7. The largest absolute Gasteiger partial charge is 0.329 e. The van der Waals surface area contributed by atoms with Crippen molar-refractivity contribution >= 4 is 0 Å². The lowest BCUT2D eigenvalue weighted by Gasteiger charge is -2.56. The summed E-state index contributed by atoms with van der Waals surface area (Å²) in [5.74, 6) is 0. The summed E-state index contributed by atoms with van der Waals surface area (Å²) < 4.78 is 0.